The first-order chi connectivity index (χ1) is 13.0. The van der Waals surface area contributed by atoms with Gasteiger partial charge in [-0.05, 0) is 53.9 Å². The number of carbonyl (C=O) groups is 1. The largest absolute Gasteiger partial charge is 0.322 e. The first-order valence-corrected chi connectivity index (χ1v) is 9.51. The van der Waals surface area contributed by atoms with Crippen LogP contribution in [0.5, 0.6) is 0 Å². The molecule has 0 fully saturated rings. The number of aromatic nitrogens is 1. The molecule has 1 aliphatic heterocycles. The highest BCUT2D eigenvalue weighted by atomic mass is 35.5. The molecule has 1 aromatic heterocycles. The number of para-hydroxylation sites is 1. The Labute approximate surface area is 164 Å². The van der Waals surface area contributed by atoms with Crippen molar-refractivity contribution >= 4 is 23.3 Å². The number of rotatable bonds is 2. The summed E-state index contributed by atoms with van der Waals surface area (Å²) in [6.45, 7) is 4.86. The summed E-state index contributed by atoms with van der Waals surface area (Å²) in [7, 11) is 0. The van der Waals surface area contributed by atoms with Crippen LogP contribution < -0.4 is 5.32 Å². The molecule has 1 atom stereocenters. The maximum absolute atomic E-state index is 13.2. The van der Waals surface area contributed by atoms with Crippen LogP contribution in [0.15, 0.2) is 66.9 Å². The van der Waals surface area contributed by atoms with Crippen LogP contribution in [-0.4, -0.2) is 15.5 Å². The van der Waals surface area contributed by atoms with Crippen LogP contribution in [0.4, 0.5) is 10.5 Å². The van der Waals surface area contributed by atoms with Gasteiger partial charge in [0.05, 0.1) is 18.3 Å². The van der Waals surface area contributed by atoms with E-state index in [1.165, 1.54) is 0 Å². The molecule has 2 heterocycles. The lowest BCUT2D eigenvalue weighted by atomic mass is 9.99. The van der Waals surface area contributed by atoms with E-state index in [1.807, 2.05) is 35.2 Å². The van der Waals surface area contributed by atoms with Crippen molar-refractivity contribution < 1.29 is 4.79 Å². The molecule has 5 heteroatoms. The van der Waals surface area contributed by atoms with E-state index in [9.17, 15) is 4.79 Å². The molecule has 0 radical (unpaired) electrons. The first-order valence-electron chi connectivity index (χ1n) is 9.13. The average Bonchev–Trinajstić information content (AvgIpc) is 3.07. The molecule has 4 nitrogen and oxygen atoms in total. The molecule has 0 spiro atoms. The van der Waals surface area contributed by atoms with Crippen LogP contribution in [0, 0.1) is 5.92 Å². The van der Waals surface area contributed by atoms with Crippen LogP contribution in [0.1, 0.15) is 31.1 Å². The number of amides is 2. The molecule has 0 bridgehead atoms. The summed E-state index contributed by atoms with van der Waals surface area (Å²) in [5.41, 5.74) is 4.12. The van der Waals surface area contributed by atoms with E-state index in [0.717, 1.165) is 22.6 Å². The number of fused-ring (bicyclic) bond motifs is 3. The zero-order valence-corrected chi connectivity index (χ0v) is 16.1. The maximum atomic E-state index is 13.2. The van der Waals surface area contributed by atoms with E-state index in [-0.39, 0.29) is 18.0 Å². The monoisotopic (exact) mass is 379 g/mol. The Hall–Kier alpha value is -2.72. The van der Waals surface area contributed by atoms with Crippen LogP contribution >= 0.6 is 11.6 Å². The van der Waals surface area contributed by atoms with Gasteiger partial charge < -0.3 is 14.8 Å². The van der Waals surface area contributed by atoms with Crippen LogP contribution in [-0.2, 0) is 6.54 Å². The molecule has 27 heavy (non-hydrogen) atoms. The number of urea groups is 1. The van der Waals surface area contributed by atoms with Crippen LogP contribution in [0.3, 0.4) is 0 Å². The fourth-order valence-electron chi connectivity index (χ4n) is 3.80. The Morgan fingerprint density at radius 3 is 2.56 bits per heavy atom. The highest BCUT2D eigenvalue weighted by Gasteiger charge is 2.33. The summed E-state index contributed by atoms with van der Waals surface area (Å²) in [6, 6.07) is 19.5. The van der Waals surface area contributed by atoms with Crippen LogP contribution in [0.25, 0.3) is 5.69 Å². The average molecular weight is 380 g/mol. The van der Waals surface area contributed by atoms with Crippen molar-refractivity contribution in [3.05, 3.63) is 83.1 Å². The third-order valence-electron chi connectivity index (χ3n) is 5.00. The van der Waals surface area contributed by atoms with Crippen molar-refractivity contribution in [2.75, 3.05) is 5.32 Å². The number of nitrogens with zero attached hydrogens (tertiary/aromatic N) is 2. The molecule has 138 valence electrons. The zero-order chi connectivity index (χ0) is 19.0. The summed E-state index contributed by atoms with van der Waals surface area (Å²) in [5, 5.41) is 3.67. The van der Waals surface area contributed by atoms with E-state index in [2.05, 4.69) is 48.1 Å². The van der Waals surface area contributed by atoms with E-state index < -0.39 is 0 Å². The van der Waals surface area contributed by atoms with Gasteiger partial charge in [0, 0.05) is 22.6 Å². The SMILES string of the molecule is CC(C)[C@@H]1c2cccn2-c2ccccc2CN1C(=O)Nc1ccc(Cl)cc1. The lowest BCUT2D eigenvalue weighted by molar-refractivity contribution is 0.162. The fraction of sp³-hybridized carbons (Fsp3) is 0.227. The number of carbonyl (C=O) groups excluding carboxylic acids is 1. The standard InChI is InChI=1S/C22H22ClN3O/c1-15(2)21-20-8-5-13-25(20)19-7-4-3-6-16(19)14-26(21)22(27)24-18-11-9-17(23)10-12-18/h3-13,15,21H,14H2,1-2H3,(H,24,27)/t21-/m1/s1. The lowest BCUT2D eigenvalue weighted by Gasteiger charge is -2.33. The Kier molecular flexibility index (Phi) is 4.66. The second-order valence-electron chi connectivity index (χ2n) is 7.19. The molecule has 4 rings (SSSR count). The summed E-state index contributed by atoms with van der Waals surface area (Å²) >= 11 is 5.96. The Morgan fingerprint density at radius 2 is 1.81 bits per heavy atom. The number of nitrogens with one attached hydrogen (secondary N) is 1. The van der Waals surface area contributed by atoms with Crippen molar-refractivity contribution in [2.24, 2.45) is 5.92 Å². The van der Waals surface area contributed by atoms with Crippen molar-refractivity contribution in [2.45, 2.75) is 26.4 Å². The normalized spacial score (nSPS) is 15.9. The molecule has 1 aliphatic rings. The highest BCUT2D eigenvalue weighted by molar-refractivity contribution is 6.30. The molecule has 0 saturated carbocycles. The Bertz CT molecular complexity index is 962. The molecule has 1 N–H and O–H groups in total. The minimum absolute atomic E-state index is 0.0281. The topological polar surface area (TPSA) is 37.3 Å². The van der Waals surface area contributed by atoms with Gasteiger partial charge in [-0.15, -0.1) is 0 Å². The molecule has 2 aromatic carbocycles. The molecule has 0 aliphatic carbocycles. The summed E-state index contributed by atoms with van der Waals surface area (Å²) in [6.07, 6.45) is 2.07. The Balaban J connectivity index is 1.74. The third kappa shape index (κ3) is 3.33. The number of benzene rings is 2. The number of anilines is 1. The third-order valence-corrected chi connectivity index (χ3v) is 5.25. The van der Waals surface area contributed by atoms with Crippen LogP contribution in [0.2, 0.25) is 5.02 Å². The van der Waals surface area contributed by atoms with E-state index in [0.29, 0.717) is 11.6 Å². The molecule has 2 amide bonds. The Morgan fingerprint density at radius 1 is 1.07 bits per heavy atom. The lowest BCUT2D eigenvalue weighted by Crippen LogP contribution is -2.39. The minimum atomic E-state index is -0.111. The van der Waals surface area contributed by atoms with Gasteiger partial charge in [0.2, 0.25) is 0 Å². The zero-order valence-electron chi connectivity index (χ0n) is 15.4. The van der Waals surface area contributed by atoms with Crippen molar-refractivity contribution in [3.8, 4) is 5.69 Å². The first kappa shape index (κ1) is 17.7. The fourth-order valence-corrected chi connectivity index (χ4v) is 3.93. The van der Waals surface area contributed by atoms with Gasteiger partial charge in [0.25, 0.3) is 0 Å². The summed E-state index contributed by atoms with van der Waals surface area (Å²) in [5.74, 6) is 0.268. The van der Waals surface area contributed by atoms with Gasteiger partial charge in [-0.2, -0.15) is 0 Å². The molecule has 3 aromatic rings. The van der Waals surface area contributed by atoms with E-state index in [1.54, 1.807) is 12.1 Å². The number of hydrogen-bond donors (Lipinski definition) is 1. The smallest absolute Gasteiger partial charge is 0.318 e. The quantitative estimate of drug-likeness (QED) is 0.593. The van der Waals surface area contributed by atoms with E-state index >= 15 is 0 Å². The van der Waals surface area contributed by atoms with Gasteiger partial charge in [-0.1, -0.05) is 43.6 Å². The molecule has 0 unspecified atom stereocenters. The summed E-state index contributed by atoms with van der Waals surface area (Å²) in [4.78, 5) is 15.2. The van der Waals surface area contributed by atoms with Gasteiger partial charge in [0.15, 0.2) is 0 Å². The van der Waals surface area contributed by atoms with Gasteiger partial charge >= 0.3 is 6.03 Å². The second-order valence-corrected chi connectivity index (χ2v) is 7.62. The number of halogens is 1. The summed E-state index contributed by atoms with van der Waals surface area (Å²) < 4.78 is 2.20. The van der Waals surface area contributed by atoms with E-state index in [4.69, 9.17) is 11.6 Å². The minimum Gasteiger partial charge on any atom is -0.318 e. The second kappa shape index (κ2) is 7.12. The predicted octanol–water partition coefficient (Wildman–Crippen LogP) is 5.88. The van der Waals surface area contributed by atoms with Crippen molar-refractivity contribution in [1.29, 1.82) is 0 Å². The highest BCUT2D eigenvalue weighted by Crippen LogP contribution is 2.36. The van der Waals surface area contributed by atoms with Gasteiger partial charge in [-0.25, -0.2) is 4.79 Å². The van der Waals surface area contributed by atoms with Crippen molar-refractivity contribution in [1.82, 2.24) is 9.47 Å². The predicted molar refractivity (Wildman–Crippen MR) is 109 cm³/mol. The van der Waals surface area contributed by atoms with Gasteiger partial charge in [0.1, 0.15) is 0 Å². The van der Waals surface area contributed by atoms with Gasteiger partial charge in [-0.3, -0.25) is 0 Å². The molecular weight excluding hydrogens is 358 g/mol. The molecule has 0 saturated heterocycles. The molecular formula is C22H22ClN3O. The number of hydrogen-bond acceptors (Lipinski definition) is 1. The maximum Gasteiger partial charge on any atom is 0.322 e. The van der Waals surface area contributed by atoms with Crippen molar-refractivity contribution in [3.63, 3.8) is 0 Å².